The smallest absolute Gasteiger partial charge is 0.0703 e. The number of rotatable bonds is 3. The fourth-order valence-electron chi connectivity index (χ4n) is 1.92. The van der Waals surface area contributed by atoms with Crippen molar-refractivity contribution in [2.75, 3.05) is 19.6 Å². The zero-order chi connectivity index (χ0) is 9.84. The summed E-state index contributed by atoms with van der Waals surface area (Å²) in [5.41, 5.74) is 5.77. The zero-order valence-corrected chi connectivity index (χ0v) is 10.2. The van der Waals surface area contributed by atoms with E-state index >= 15 is 0 Å². The van der Waals surface area contributed by atoms with Crippen molar-refractivity contribution in [2.24, 2.45) is 5.73 Å². The third-order valence-electron chi connectivity index (χ3n) is 2.40. The van der Waals surface area contributed by atoms with Gasteiger partial charge in [0, 0.05) is 25.7 Å². The Bertz CT molecular complexity index is 153. The molecule has 2 N–H and O–H groups in total. The largest absolute Gasteiger partial charge is 0.373 e. The zero-order valence-electron chi connectivity index (χ0n) is 9.40. The first-order chi connectivity index (χ1) is 6.11. The van der Waals surface area contributed by atoms with Gasteiger partial charge in [0.05, 0.1) is 12.2 Å². The molecule has 1 saturated heterocycles. The lowest BCUT2D eigenvalue weighted by molar-refractivity contribution is -0.0783. The van der Waals surface area contributed by atoms with Gasteiger partial charge in [0.15, 0.2) is 0 Å². The molecule has 14 heavy (non-hydrogen) atoms. The fraction of sp³-hybridized carbons (Fsp3) is 1.00. The van der Waals surface area contributed by atoms with Crippen molar-refractivity contribution < 1.29 is 4.74 Å². The van der Waals surface area contributed by atoms with Gasteiger partial charge in [-0.05, 0) is 20.3 Å². The average molecular weight is 223 g/mol. The highest BCUT2D eigenvalue weighted by molar-refractivity contribution is 5.85. The molecule has 0 spiro atoms. The van der Waals surface area contributed by atoms with Gasteiger partial charge in [-0.1, -0.05) is 6.92 Å². The van der Waals surface area contributed by atoms with Gasteiger partial charge in [0.1, 0.15) is 0 Å². The highest BCUT2D eigenvalue weighted by Crippen LogP contribution is 2.13. The van der Waals surface area contributed by atoms with Crippen molar-refractivity contribution in [1.82, 2.24) is 4.90 Å². The van der Waals surface area contributed by atoms with Crippen LogP contribution < -0.4 is 5.73 Å². The van der Waals surface area contributed by atoms with E-state index in [9.17, 15) is 0 Å². The van der Waals surface area contributed by atoms with Crippen LogP contribution in [0.25, 0.3) is 0 Å². The lowest BCUT2D eigenvalue weighted by atomic mass is 10.1. The molecule has 0 aromatic carbocycles. The Balaban J connectivity index is 0.00000169. The van der Waals surface area contributed by atoms with Crippen LogP contribution in [-0.4, -0.2) is 42.8 Å². The molecule has 0 radical (unpaired) electrons. The molecule has 1 aliphatic heterocycles. The number of nitrogens with zero attached hydrogens (tertiary/aromatic N) is 1. The second-order valence-corrected chi connectivity index (χ2v) is 4.17. The van der Waals surface area contributed by atoms with E-state index < -0.39 is 0 Å². The molecule has 4 heteroatoms. The van der Waals surface area contributed by atoms with E-state index in [1.165, 1.54) is 0 Å². The van der Waals surface area contributed by atoms with Crippen LogP contribution in [0.3, 0.4) is 0 Å². The molecular weight excluding hydrogens is 200 g/mol. The minimum Gasteiger partial charge on any atom is -0.373 e. The Kier molecular flexibility index (Phi) is 6.70. The predicted molar refractivity (Wildman–Crippen MR) is 62.0 cm³/mol. The van der Waals surface area contributed by atoms with Crippen LogP contribution in [0, 0.1) is 0 Å². The maximum atomic E-state index is 5.77. The van der Waals surface area contributed by atoms with E-state index in [2.05, 4.69) is 25.7 Å². The summed E-state index contributed by atoms with van der Waals surface area (Å²) >= 11 is 0. The normalized spacial score (nSPS) is 30.9. The second kappa shape index (κ2) is 6.62. The number of nitrogens with two attached hydrogens (primary N) is 1. The van der Waals surface area contributed by atoms with E-state index in [0.717, 1.165) is 26.1 Å². The van der Waals surface area contributed by atoms with Crippen LogP contribution >= 0.6 is 12.4 Å². The number of morpholine rings is 1. The lowest BCUT2D eigenvalue weighted by Gasteiger charge is -2.37. The molecule has 0 amide bonds. The van der Waals surface area contributed by atoms with Gasteiger partial charge < -0.3 is 10.5 Å². The van der Waals surface area contributed by atoms with Crippen molar-refractivity contribution in [1.29, 1.82) is 0 Å². The molecule has 0 aromatic rings. The Hall–Kier alpha value is 0.170. The minimum absolute atomic E-state index is 0. The Morgan fingerprint density at radius 1 is 1.50 bits per heavy atom. The summed E-state index contributed by atoms with van der Waals surface area (Å²) < 4.78 is 5.76. The first-order valence-corrected chi connectivity index (χ1v) is 5.25. The summed E-state index contributed by atoms with van der Waals surface area (Å²) in [4.78, 5) is 2.41. The van der Waals surface area contributed by atoms with Crippen molar-refractivity contribution >= 4 is 12.4 Å². The monoisotopic (exact) mass is 222 g/mol. The molecule has 0 aliphatic carbocycles. The van der Waals surface area contributed by atoms with E-state index in [-0.39, 0.29) is 18.4 Å². The molecule has 0 aromatic heterocycles. The van der Waals surface area contributed by atoms with Gasteiger partial charge in [-0.15, -0.1) is 12.4 Å². The van der Waals surface area contributed by atoms with Gasteiger partial charge in [-0.25, -0.2) is 0 Å². The van der Waals surface area contributed by atoms with E-state index in [1.807, 2.05) is 0 Å². The maximum Gasteiger partial charge on any atom is 0.0703 e. The summed E-state index contributed by atoms with van der Waals surface area (Å²) in [7, 11) is 0. The summed E-state index contributed by atoms with van der Waals surface area (Å²) in [6.45, 7) is 9.43. The van der Waals surface area contributed by atoms with Crippen LogP contribution in [0.1, 0.15) is 27.2 Å². The van der Waals surface area contributed by atoms with Crippen molar-refractivity contribution in [3.05, 3.63) is 0 Å². The van der Waals surface area contributed by atoms with E-state index in [4.69, 9.17) is 10.5 Å². The Morgan fingerprint density at radius 3 is 2.64 bits per heavy atom. The summed E-state index contributed by atoms with van der Waals surface area (Å²) in [6, 6.07) is 0.266. The highest BCUT2D eigenvalue weighted by Gasteiger charge is 2.23. The van der Waals surface area contributed by atoms with Gasteiger partial charge in [-0.2, -0.15) is 0 Å². The summed E-state index contributed by atoms with van der Waals surface area (Å²) in [5, 5.41) is 0. The van der Waals surface area contributed by atoms with Crippen molar-refractivity contribution in [3.63, 3.8) is 0 Å². The molecule has 0 saturated carbocycles. The van der Waals surface area contributed by atoms with Gasteiger partial charge in [0.25, 0.3) is 0 Å². The van der Waals surface area contributed by atoms with Crippen LogP contribution in [0.5, 0.6) is 0 Å². The quantitative estimate of drug-likeness (QED) is 0.782. The molecule has 3 unspecified atom stereocenters. The first-order valence-electron chi connectivity index (χ1n) is 5.25. The third kappa shape index (κ3) is 4.60. The number of hydrogen-bond acceptors (Lipinski definition) is 3. The molecular formula is C10H23ClN2O. The minimum atomic E-state index is 0. The Morgan fingerprint density at radius 2 is 2.14 bits per heavy atom. The molecule has 0 bridgehead atoms. The Labute approximate surface area is 93.4 Å². The van der Waals surface area contributed by atoms with Gasteiger partial charge in [0.2, 0.25) is 0 Å². The number of hydrogen-bond donors (Lipinski definition) is 1. The van der Waals surface area contributed by atoms with Crippen molar-refractivity contribution in [3.8, 4) is 0 Å². The molecule has 3 nitrogen and oxygen atoms in total. The van der Waals surface area contributed by atoms with Gasteiger partial charge >= 0.3 is 0 Å². The number of halogens is 1. The topological polar surface area (TPSA) is 38.5 Å². The van der Waals surface area contributed by atoms with E-state index in [1.54, 1.807) is 0 Å². The van der Waals surface area contributed by atoms with Crippen LogP contribution in [0.15, 0.2) is 0 Å². The average Bonchev–Trinajstić information content (AvgIpc) is 2.01. The standard InChI is InChI=1S/C10H22N2O.ClH/c1-4-10-7-12(5-8(2)11)6-9(3)13-10;/h8-10H,4-7,11H2,1-3H3;1H. The maximum absolute atomic E-state index is 5.77. The predicted octanol–water partition coefficient (Wildman–Crippen LogP) is 1.25. The molecule has 1 fully saturated rings. The van der Waals surface area contributed by atoms with Crippen LogP contribution in [-0.2, 0) is 4.74 Å². The van der Waals surface area contributed by atoms with Crippen LogP contribution in [0.4, 0.5) is 0 Å². The molecule has 3 atom stereocenters. The first kappa shape index (κ1) is 14.2. The molecule has 1 aliphatic rings. The SMILES string of the molecule is CCC1CN(CC(C)N)CC(C)O1.Cl. The summed E-state index contributed by atoms with van der Waals surface area (Å²) in [6.07, 6.45) is 1.86. The van der Waals surface area contributed by atoms with Crippen LogP contribution in [0.2, 0.25) is 0 Å². The third-order valence-corrected chi connectivity index (χ3v) is 2.40. The molecule has 1 heterocycles. The van der Waals surface area contributed by atoms with Gasteiger partial charge in [-0.3, -0.25) is 4.90 Å². The molecule has 1 rings (SSSR count). The highest BCUT2D eigenvalue weighted by atomic mass is 35.5. The van der Waals surface area contributed by atoms with E-state index in [0.29, 0.717) is 12.2 Å². The summed E-state index contributed by atoms with van der Waals surface area (Å²) in [5.74, 6) is 0. The van der Waals surface area contributed by atoms with Crippen molar-refractivity contribution in [2.45, 2.75) is 45.4 Å². The fourth-order valence-corrected chi connectivity index (χ4v) is 1.92. The second-order valence-electron chi connectivity index (χ2n) is 4.17. The lowest BCUT2D eigenvalue weighted by Crippen LogP contribution is -2.49. The number of ether oxygens (including phenoxy) is 1. The molecule has 86 valence electrons.